The number of fused-ring (bicyclic) bond motifs is 1. The van der Waals surface area contributed by atoms with E-state index in [1.165, 1.54) is 12.4 Å². The minimum absolute atomic E-state index is 0.272. The lowest BCUT2D eigenvalue weighted by atomic mass is 10.2. The fourth-order valence-electron chi connectivity index (χ4n) is 1.80. The van der Waals surface area contributed by atoms with Gasteiger partial charge in [0.25, 0.3) is 6.47 Å². The fourth-order valence-corrected chi connectivity index (χ4v) is 1.80. The first-order valence-corrected chi connectivity index (χ1v) is 5.44. The van der Waals surface area contributed by atoms with Crippen molar-refractivity contribution in [3.63, 3.8) is 0 Å². The summed E-state index contributed by atoms with van der Waals surface area (Å²) in [6, 6.07) is 5.16. The number of nitrogens with zero attached hydrogens (tertiary/aromatic N) is 4. The second kappa shape index (κ2) is 4.37. The Morgan fingerprint density at radius 2 is 2.11 bits per heavy atom. The van der Waals surface area contributed by atoms with Crippen molar-refractivity contribution < 1.29 is 9.53 Å². The van der Waals surface area contributed by atoms with E-state index in [1.54, 1.807) is 29.1 Å². The summed E-state index contributed by atoms with van der Waals surface area (Å²) in [5.41, 5.74) is 6.51. The third kappa shape index (κ3) is 1.86. The molecule has 3 rings (SSSR count). The lowest BCUT2D eigenvalue weighted by Gasteiger charge is -2.05. The smallest absolute Gasteiger partial charge is 0.298 e. The zero-order valence-corrected chi connectivity index (χ0v) is 9.72. The normalized spacial score (nSPS) is 10.5. The number of hydrogen-bond acceptors (Lipinski definition) is 6. The van der Waals surface area contributed by atoms with Gasteiger partial charge in [-0.1, -0.05) is 0 Å². The highest BCUT2D eigenvalue weighted by atomic mass is 16.5. The SMILES string of the molecule is Nc1nccnc1-n1ncc2ccc(OC=O)cc21. The molecule has 0 aliphatic rings. The monoisotopic (exact) mass is 255 g/mol. The molecule has 0 saturated carbocycles. The Morgan fingerprint density at radius 1 is 1.26 bits per heavy atom. The third-order valence-corrected chi connectivity index (χ3v) is 2.63. The first-order valence-electron chi connectivity index (χ1n) is 5.44. The van der Waals surface area contributed by atoms with Gasteiger partial charge in [0, 0.05) is 23.8 Å². The summed E-state index contributed by atoms with van der Waals surface area (Å²) in [6.45, 7) is 0.374. The summed E-state index contributed by atoms with van der Waals surface area (Å²) in [6.07, 6.45) is 4.71. The second-order valence-electron chi connectivity index (χ2n) is 3.76. The van der Waals surface area contributed by atoms with Gasteiger partial charge in [0.05, 0.1) is 11.7 Å². The summed E-state index contributed by atoms with van der Waals surface area (Å²) in [5, 5.41) is 5.10. The maximum atomic E-state index is 10.4. The zero-order chi connectivity index (χ0) is 13.2. The molecule has 0 fully saturated rings. The van der Waals surface area contributed by atoms with Gasteiger partial charge in [-0.05, 0) is 12.1 Å². The van der Waals surface area contributed by atoms with Crippen molar-refractivity contribution in [1.29, 1.82) is 0 Å². The first-order chi connectivity index (χ1) is 9.29. The van der Waals surface area contributed by atoms with Crippen LogP contribution in [-0.4, -0.2) is 26.2 Å². The Labute approximate surface area is 107 Å². The predicted octanol–water partition coefficient (Wildman–Crippen LogP) is 0.933. The van der Waals surface area contributed by atoms with E-state index in [4.69, 9.17) is 10.5 Å². The summed E-state index contributed by atoms with van der Waals surface area (Å²) in [7, 11) is 0. The molecule has 0 atom stereocenters. The number of rotatable bonds is 3. The van der Waals surface area contributed by atoms with Crippen LogP contribution < -0.4 is 10.5 Å². The van der Waals surface area contributed by atoms with Crippen LogP contribution in [-0.2, 0) is 4.79 Å². The Morgan fingerprint density at radius 3 is 2.89 bits per heavy atom. The van der Waals surface area contributed by atoms with Crippen LogP contribution in [0.3, 0.4) is 0 Å². The Kier molecular flexibility index (Phi) is 2.57. The summed E-state index contributed by atoms with van der Waals surface area (Å²) in [5.74, 6) is 1.13. The van der Waals surface area contributed by atoms with Crippen LogP contribution >= 0.6 is 0 Å². The quantitative estimate of drug-likeness (QED) is 0.699. The van der Waals surface area contributed by atoms with Gasteiger partial charge in [0.2, 0.25) is 0 Å². The molecule has 3 aromatic rings. The maximum absolute atomic E-state index is 10.4. The minimum Gasteiger partial charge on any atom is -0.429 e. The van der Waals surface area contributed by atoms with Crippen LogP contribution in [0.1, 0.15) is 0 Å². The number of benzene rings is 1. The van der Waals surface area contributed by atoms with Gasteiger partial charge in [0.1, 0.15) is 5.75 Å². The number of hydrogen-bond donors (Lipinski definition) is 1. The first kappa shape index (κ1) is 11.1. The average molecular weight is 255 g/mol. The Balaban J connectivity index is 2.21. The molecule has 94 valence electrons. The van der Waals surface area contributed by atoms with Crippen LogP contribution in [0.15, 0.2) is 36.8 Å². The van der Waals surface area contributed by atoms with E-state index in [0.717, 1.165) is 10.9 Å². The molecule has 0 aliphatic carbocycles. The van der Waals surface area contributed by atoms with Gasteiger partial charge >= 0.3 is 0 Å². The molecule has 7 heteroatoms. The van der Waals surface area contributed by atoms with Crippen molar-refractivity contribution in [3.8, 4) is 11.6 Å². The fraction of sp³-hybridized carbons (Fsp3) is 0. The summed E-state index contributed by atoms with van der Waals surface area (Å²) < 4.78 is 6.37. The molecule has 7 nitrogen and oxygen atoms in total. The minimum atomic E-state index is 0.272. The van der Waals surface area contributed by atoms with E-state index < -0.39 is 0 Å². The molecule has 0 aliphatic heterocycles. The molecule has 0 bridgehead atoms. The van der Waals surface area contributed by atoms with Gasteiger partial charge in [-0.2, -0.15) is 5.10 Å². The lowest BCUT2D eigenvalue weighted by Crippen LogP contribution is -2.05. The number of carbonyl (C=O) groups is 1. The second-order valence-corrected chi connectivity index (χ2v) is 3.76. The molecule has 0 unspecified atom stereocenters. The highest BCUT2D eigenvalue weighted by molar-refractivity contribution is 5.82. The van der Waals surface area contributed by atoms with Gasteiger partial charge in [0.15, 0.2) is 11.6 Å². The van der Waals surface area contributed by atoms with E-state index in [9.17, 15) is 4.79 Å². The number of nitrogen functional groups attached to an aromatic ring is 1. The molecule has 2 heterocycles. The highest BCUT2D eigenvalue weighted by Crippen LogP contribution is 2.23. The van der Waals surface area contributed by atoms with Gasteiger partial charge in [-0.15, -0.1) is 0 Å². The summed E-state index contributed by atoms with van der Waals surface area (Å²) in [4.78, 5) is 18.5. The van der Waals surface area contributed by atoms with Crippen molar-refractivity contribution in [2.75, 3.05) is 5.73 Å². The standard InChI is InChI=1S/C12H9N5O2/c13-11-12(15-4-3-14-11)17-10-5-9(19-7-18)2-1-8(10)6-16-17/h1-7H,(H2,13,14). The Bertz CT molecular complexity index is 753. The van der Waals surface area contributed by atoms with Crippen LogP contribution in [0.4, 0.5) is 5.82 Å². The Hall–Kier alpha value is -2.96. The van der Waals surface area contributed by atoms with E-state index >= 15 is 0 Å². The van der Waals surface area contributed by atoms with Crippen molar-refractivity contribution >= 4 is 23.2 Å². The number of nitrogens with two attached hydrogens (primary N) is 1. The molecular weight excluding hydrogens is 246 g/mol. The topological polar surface area (TPSA) is 95.9 Å². The van der Waals surface area contributed by atoms with Crippen molar-refractivity contribution in [3.05, 3.63) is 36.8 Å². The largest absolute Gasteiger partial charge is 0.429 e. The molecule has 0 radical (unpaired) electrons. The van der Waals surface area contributed by atoms with Crippen molar-refractivity contribution in [1.82, 2.24) is 19.7 Å². The molecule has 2 aromatic heterocycles. The lowest BCUT2D eigenvalue weighted by molar-refractivity contribution is -0.120. The van der Waals surface area contributed by atoms with E-state index in [1.807, 2.05) is 0 Å². The van der Waals surface area contributed by atoms with E-state index in [0.29, 0.717) is 18.0 Å². The molecule has 0 spiro atoms. The number of ether oxygens (including phenoxy) is 1. The molecule has 19 heavy (non-hydrogen) atoms. The van der Waals surface area contributed by atoms with Crippen molar-refractivity contribution in [2.24, 2.45) is 0 Å². The van der Waals surface area contributed by atoms with E-state index in [-0.39, 0.29) is 5.82 Å². The number of aromatic nitrogens is 4. The highest BCUT2D eigenvalue weighted by Gasteiger charge is 2.10. The van der Waals surface area contributed by atoms with Gasteiger partial charge in [-0.25, -0.2) is 14.6 Å². The van der Waals surface area contributed by atoms with Crippen LogP contribution in [0.5, 0.6) is 5.75 Å². The molecule has 2 N–H and O–H groups in total. The molecule has 0 saturated heterocycles. The van der Waals surface area contributed by atoms with Crippen molar-refractivity contribution in [2.45, 2.75) is 0 Å². The predicted molar refractivity (Wildman–Crippen MR) is 67.8 cm³/mol. The van der Waals surface area contributed by atoms with E-state index in [2.05, 4.69) is 15.1 Å². The number of anilines is 1. The molecule has 1 aromatic carbocycles. The number of carbonyl (C=O) groups excluding carboxylic acids is 1. The van der Waals surface area contributed by atoms with Gasteiger partial charge in [-0.3, -0.25) is 4.79 Å². The van der Waals surface area contributed by atoms with Gasteiger partial charge < -0.3 is 10.5 Å². The van der Waals surface area contributed by atoms with Crippen LogP contribution in [0, 0.1) is 0 Å². The zero-order valence-electron chi connectivity index (χ0n) is 9.72. The molecule has 0 amide bonds. The van der Waals surface area contributed by atoms with Crippen LogP contribution in [0.25, 0.3) is 16.7 Å². The van der Waals surface area contributed by atoms with Crippen LogP contribution in [0.2, 0.25) is 0 Å². The average Bonchev–Trinajstić information content (AvgIpc) is 2.83. The molecular formula is C12H9N5O2. The third-order valence-electron chi connectivity index (χ3n) is 2.63. The maximum Gasteiger partial charge on any atom is 0.298 e. The summed E-state index contributed by atoms with van der Waals surface area (Å²) >= 11 is 0.